The molecule has 0 aliphatic rings. The Morgan fingerprint density at radius 1 is 1.16 bits per heavy atom. The number of rotatable bonds is 9. The molecule has 9 heteroatoms. The standard InChI is InChI=1S/C16H21N3O6/c1-10(14(17)22)18-15(23)12(7-8-13(20)21)19-16(24)25-9-11-5-3-2-4-6-11/h2-6,10,12H,7-9H2,1H3,(H2,17,22)(H,18,23)(H,19,24)(H,20,21)/t10-,12-/m0/s1. The average molecular weight is 351 g/mol. The van der Waals surface area contributed by atoms with Crippen LogP contribution >= 0.6 is 0 Å². The van der Waals surface area contributed by atoms with Crippen LogP contribution in [0.4, 0.5) is 4.79 Å². The first-order chi connectivity index (χ1) is 11.8. The summed E-state index contributed by atoms with van der Waals surface area (Å²) in [5, 5.41) is 13.4. The SMILES string of the molecule is C[C@H](NC(=O)[C@H](CCC(=O)O)NC(=O)OCc1ccccc1)C(N)=O. The first-order valence-electron chi connectivity index (χ1n) is 7.58. The van der Waals surface area contributed by atoms with E-state index in [-0.39, 0.29) is 19.4 Å². The van der Waals surface area contributed by atoms with Crippen LogP contribution in [0.25, 0.3) is 0 Å². The third-order valence-electron chi connectivity index (χ3n) is 3.25. The molecule has 1 aromatic rings. The van der Waals surface area contributed by atoms with Crippen molar-refractivity contribution in [2.45, 2.75) is 38.5 Å². The largest absolute Gasteiger partial charge is 0.481 e. The minimum atomic E-state index is -1.17. The summed E-state index contributed by atoms with van der Waals surface area (Å²) in [5.74, 6) is -2.60. The number of carbonyl (C=O) groups is 4. The highest BCUT2D eigenvalue weighted by Gasteiger charge is 2.24. The number of carboxylic acid groups (broad SMARTS) is 1. The Labute approximate surface area is 144 Å². The predicted molar refractivity (Wildman–Crippen MR) is 87.2 cm³/mol. The number of nitrogens with one attached hydrogen (secondary N) is 2. The number of ether oxygens (including phenoxy) is 1. The molecule has 0 bridgehead atoms. The van der Waals surface area contributed by atoms with E-state index in [9.17, 15) is 19.2 Å². The van der Waals surface area contributed by atoms with E-state index in [1.54, 1.807) is 24.3 Å². The van der Waals surface area contributed by atoms with E-state index in [1.165, 1.54) is 6.92 Å². The summed E-state index contributed by atoms with van der Waals surface area (Å²) in [6.45, 7) is 1.37. The Hall–Kier alpha value is -3.10. The van der Waals surface area contributed by atoms with E-state index in [4.69, 9.17) is 15.6 Å². The Bertz CT molecular complexity index is 620. The highest BCUT2D eigenvalue weighted by atomic mass is 16.5. The van der Waals surface area contributed by atoms with E-state index in [0.29, 0.717) is 0 Å². The summed E-state index contributed by atoms with van der Waals surface area (Å²) in [5.41, 5.74) is 5.82. The Morgan fingerprint density at radius 2 is 1.80 bits per heavy atom. The van der Waals surface area contributed by atoms with Gasteiger partial charge in [-0.3, -0.25) is 14.4 Å². The lowest BCUT2D eigenvalue weighted by atomic mass is 10.1. The summed E-state index contributed by atoms with van der Waals surface area (Å²) in [6.07, 6.45) is -1.38. The van der Waals surface area contributed by atoms with Gasteiger partial charge in [0.05, 0.1) is 0 Å². The summed E-state index contributed by atoms with van der Waals surface area (Å²) in [4.78, 5) is 45.7. The Balaban J connectivity index is 2.61. The van der Waals surface area contributed by atoms with Gasteiger partial charge in [-0.05, 0) is 18.9 Å². The van der Waals surface area contributed by atoms with Crippen LogP contribution in [0.2, 0.25) is 0 Å². The lowest BCUT2D eigenvalue weighted by Gasteiger charge is -2.19. The van der Waals surface area contributed by atoms with Crippen LogP contribution in [0.1, 0.15) is 25.3 Å². The molecule has 25 heavy (non-hydrogen) atoms. The Kier molecular flexibility index (Phi) is 7.91. The molecule has 0 unspecified atom stereocenters. The van der Waals surface area contributed by atoms with Gasteiger partial charge >= 0.3 is 12.1 Å². The van der Waals surface area contributed by atoms with Crippen LogP contribution < -0.4 is 16.4 Å². The molecule has 3 amide bonds. The molecule has 136 valence electrons. The molecular formula is C16H21N3O6. The maximum atomic E-state index is 12.1. The molecule has 1 rings (SSSR count). The van der Waals surface area contributed by atoms with Crippen molar-refractivity contribution in [2.75, 3.05) is 0 Å². The van der Waals surface area contributed by atoms with Crippen molar-refractivity contribution < 1.29 is 29.0 Å². The highest BCUT2D eigenvalue weighted by molar-refractivity contribution is 5.90. The number of carbonyl (C=O) groups excluding carboxylic acids is 3. The maximum Gasteiger partial charge on any atom is 0.408 e. The van der Waals surface area contributed by atoms with Crippen molar-refractivity contribution in [2.24, 2.45) is 5.73 Å². The van der Waals surface area contributed by atoms with Crippen LogP contribution in [0.5, 0.6) is 0 Å². The van der Waals surface area contributed by atoms with E-state index in [2.05, 4.69) is 10.6 Å². The van der Waals surface area contributed by atoms with Crippen molar-refractivity contribution in [1.29, 1.82) is 0 Å². The molecule has 0 fully saturated rings. The van der Waals surface area contributed by atoms with Gasteiger partial charge in [-0.2, -0.15) is 0 Å². The zero-order chi connectivity index (χ0) is 18.8. The molecule has 1 aromatic carbocycles. The van der Waals surface area contributed by atoms with Gasteiger partial charge in [-0.1, -0.05) is 30.3 Å². The Morgan fingerprint density at radius 3 is 2.36 bits per heavy atom. The molecule has 0 spiro atoms. The van der Waals surface area contributed by atoms with Gasteiger partial charge in [0.25, 0.3) is 0 Å². The number of alkyl carbamates (subject to hydrolysis) is 1. The number of aliphatic carboxylic acids is 1. The van der Waals surface area contributed by atoms with Crippen molar-refractivity contribution >= 4 is 23.9 Å². The lowest BCUT2D eigenvalue weighted by molar-refractivity contribution is -0.137. The van der Waals surface area contributed by atoms with Crippen molar-refractivity contribution in [3.63, 3.8) is 0 Å². The fraction of sp³-hybridized carbons (Fsp3) is 0.375. The normalized spacial score (nSPS) is 12.5. The first kappa shape index (κ1) is 19.9. The van der Waals surface area contributed by atoms with E-state index in [1.807, 2.05) is 6.07 Å². The van der Waals surface area contributed by atoms with E-state index in [0.717, 1.165) is 5.56 Å². The molecule has 2 atom stereocenters. The minimum Gasteiger partial charge on any atom is -0.481 e. The number of primary amides is 1. The molecular weight excluding hydrogens is 330 g/mol. The average Bonchev–Trinajstić information content (AvgIpc) is 2.57. The quantitative estimate of drug-likeness (QED) is 0.497. The van der Waals surface area contributed by atoms with Crippen LogP contribution in [0.15, 0.2) is 30.3 Å². The van der Waals surface area contributed by atoms with Crippen molar-refractivity contribution in [3.8, 4) is 0 Å². The zero-order valence-corrected chi connectivity index (χ0v) is 13.7. The summed E-state index contributed by atoms with van der Waals surface area (Å²) >= 11 is 0. The molecule has 0 aliphatic carbocycles. The summed E-state index contributed by atoms with van der Waals surface area (Å²) < 4.78 is 5.00. The second-order valence-corrected chi connectivity index (χ2v) is 5.32. The number of carboxylic acids is 1. The number of hydrogen-bond donors (Lipinski definition) is 4. The number of hydrogen-bond acceptors (Lipinski definition) is 5. The van der Waals surface area contributed by atoms with Crippen molar-refractivity contribution in [1.82, 2.24) is 10.6 Å². The lowest BCUT2D eigenvalue weighted by Crippen LogP contribution is -2.52. The smallest absolute Gasteiger partial charge is 0.408 e. The third-order valence-corrected chi connectivity index (χ3v) is 3.25. The minimum absolute atomic E-state index is 0.00235. The monoisotopic (exact) mass is 351 g/mol. The van der Waals surface area contributed by atoms with Gasteiger partial charge in [-0.15, -0.1) is 0 Å². The molecule has 0 heterocycles. The predicted octanol–water partition coefficient (Wildman–Crippen LogP) is 0.136. The van der Waals surface area contributed by atoms with Crippen LogP contribution in [-0.2, 0) is 25.7 Å². The zero-order valence-electron chi connectivity index (χ0n) is 13.7. The van der Waals surface area contributed by atoms with Gasteiger partial charge in [0.15, 0.2) is 0 Å². The number of nitrogens with two attached hydrogens (primary N) is 1. The maximum absolute atomic E-state index is 12.1. The highest BCUT2D eigenvalue weighted by Crippen LogP contribution is 2.03. The van der Waals surface area contributed by atoms with Gasteiger partial charge in [0.2, 0.25) is 11.8 Å². The second kappa shape index (κ2) is 9.91. The molecule has 0 aromatic heterocycles. The molecule has 0 aliphatic heterocycles. The van der Waals surface area contributed by atoms with Crippen LogP contribution in [0, 0.1) is 0 Å². The topological polar surface area (TPSA) is 148 Å². The van der Waals surface area contributed by atoms with E-state index >= 15 is 0 Å². The second-order valence-electron chi connectivity index (χ2n) is 5.32. The van der Waals surface area contributed by atoms with Crippen LogP contribution in [0.3, 0.4) is 0 Å². The van der Waals surface area contributed by atoms with Gasteiger partial charge in [0, 0.05) is 6.42 Å². The van der Waals surface area contributed by atoms with Gasteiger partial charge < -0.3 is 26.2 Å². The molecule has 5 N–H and O–H groups in total. The number of amides is 3. The van der Waals surface area contributed by atoms with Crippen LogP contribution in [-0.4, -0.2) is 41.1 Å². The molecule has 0 radical (unpaired) electrons. The fourth-order valence-electron chi connectivity index (χ4n) is 1.83. The molecule has 0 saturated heterocycles. The third kappa shape index (κ3) is 7.82. The fourth-order valence-corrected chi connectivity index (χ4v) is 1.83. The molecule has 0 saturated carbocycles. The van der Waals surface area contributed by atoms with Gasteiger partial charge in [0.1, 0.15) is 18.7 Å². The number of benzene rings is 1. The summed E-state index contributed by atoms with van der Waals surface area (Å²) in [6, 6.07) is 6.78. The summed E-state index contributed by atoms with van der Waals surface area (Å²) in [7, 11) is 0. The van der Waals surface area contributed by atoms with E-state index < -0.39 is 36.0 Å². The first-order valence-corrected chi connectivity index (χ1v) is 7.58. The molecule has 9 nitrogen and oxygen atoms in total. The van der Waals surface area contributed by atoms with Gasteiger partial charge in [-0.25, -0.2) is 4.79 Å². The van der Waals surface area contributed by atoms with Crippen molar-refractivity contribution in [3.05, 3.63) is 35.9 Å².